The van der Waals surface area contributed by atoms with E-state index in [-0.39, 0.29) is 22.8 Å². The molecule has 0 bridgehead atoms. The third-order valence-corrected chi connectivity index (χ3v) is 3.40. The summed E-state index contributed by atoms with van der Waals surface area (Å²) in [5, 5.41) is 25.7. The molecule has 1 heterocycles. The van der Waals surface area contributed by atoms with Crippen LogP contribution in [-0.2, 0) is 6.54 Å². The molecule has 0 spiro atoms. The topological polar surface area (TPSA) is 87.4 Å². The summed E-state index contributed by atoms with van der Waals surface area (Å²) in [6.07, 6.45) is 3.67. The van der Waals surface area contributed by atoms with E-state index in [2.05, 4.69) is 10.4 Å². The molecule has 1 aliphatic carbocycles. The zero-order valence-electron chi connectivity index (χ0n) is 10.8. The van der Waals surface area contributed by atoms with Crippen molar-refractivity contribution in [3.8, 4) is 0 Å². The average Bonchev–Trinajstić information content (AvgIpc) is 3.16. The van der Waals surface area contributed by atoms with Gasteiger partial charge in [0.05, 0.1) is 17.8 Å². The number of aliphatic hydroxyl groups excluding tert-OH is 1. The molecule has 1 saturated carbocycles. The fourth-order valence-electron chi connectivity index (χ4n) is 1.64. The Balaban J connectivity index is 2.16. The van der Waals surface area contributed by atoms with Gasteiger partial charge in [0.1, 0.15) is 11.3 Å². The van der Waals surface area contributed by atoms with Gasteiger partial charge in [-0.15, -0.1) is 0 Å². The van der Waals surface area contributed by atoms with E-state index in [4.69, 9.17) is 16.7 Å². The molecule has 0 amide bonds. The number of rotatable bonds is 6. The lowest BCUT2D eigenvalue weighted by Gasteiger charge is -2.21. The summed E-state index contributed by atoms with van der Waals surface area (Å²) in [6, 6.07) is 0. The molecule has 19 heavy (non-hydrogen) atoms. The summed E-state index contributed by atoms with van der Waals surface area (Å²) in [5.74, 6) is 0.528. The van der Waals surface area contributed by atoms with Gasteiger partial charge in [-0.2, -0.15) is 5.10 Å². The van der Waals surface area contributed by atoms with Gasteiger partial charge < -0.3 is 15.5 Å². The minimum Gasteiger partial charge on any atom is -0.393 e. The van der Waals surface area contributed by atoms with Crippen LogP contribution in [0.4, 0.5) is 5.69 Å². The van der Waals surface area contributed by atoms with Crippen molar-refractivity contribution in [3.63, 3.8) is 0 Å². The van der Waals surface area contributed by atoms with Gasteiger partial charge in [0, 0.05) is 13.1 Å². The molecule has 2 rings (SSSR count). The van der Waals surface area contributed by atoms with Gasteiger partial charge in [-0.25, -0.2) is 4.68 Å². The number of nitrogens with one attached hydrogen (secondary N) is 1. The molecule has 1 unspecified atom stereocenters. The zero-order chi connectivity index (χ0) is 14.0. The Morgan fingerprint density at radius 3 is 2.89 bits per heavy atom. The molecule has 0 saturated heterocycles. The van der Waals surface area contributed by atoms with Crippen LogP contribution in [-0.4, -0.2) is 38.7 Å². The predicted molar refractivity (Wildman–Crippen MR) is 72.4 cm³/mol. The summed E-state index contributed by atoms with van der Waals surface area (Å²) < 4.78 is 1.39. The number of anilines is 1. The third-order valence-electron chi connectivity index (χ3n) is 3.11. The maximum Gasteiger partial charge on any atom is 0.291 e. The van der Waals surface area contributed by atoms with Gasteiger partial charge >= 0.3 is 0 Å². The molecular formula is C12H18ClN3O3. The first kappa shape index (κ1) is 14.3. The highest BCUT2D eigenvalue weighted by molar-refractivity contribution is 6.32. The fraction of sp³-hybridized carbons (Fsp3) is 0.667. The maximum absolute atomic E-state index is 12.2. The lowest BCUT2D eigenvalue weighted by atomic mass is 10.1. The van der Waals surface area contributed by atoms with Crippen LogP contribution in [0.1, 0.15) is 19.8 Å². The minimum absolute atomic E-state index is 0.0336. The minimum atomic E-state index is -1.31. The Labute approximate surface area is 116 Å². The monoisotopic (exact) mass is 287 g/mol. The van der Waals surface area contributed by atoms with Crippen LogP contribution in [0.25, 0.3) is 0 Å². The van der Waals surface area contributed by atoms with Crippen molar-refractivity contribution in [2.75, 3.05) is 18.5 Å². The summed E-state index contributed by atoms with van der Waals surface area (Å²) >= 11 is 5.94. The smallest absolute Gasteiger partial charge is 0.291 e. The van der Waals surface area contributed by atoms with Gasteiger partial charge in [-0.1, -0.05) is 11.6 Å². The average molecular weight is 288 g/mol. The van der Waals surface area contributed by atoms with E-state index in [0.717, 1.165) is 12.8 Å². The highest BCUT2D eigenvalue weighted by Crippen LogP contribution is 2.30. The van der Waals surface area contributed by atoms with E-state index in [9.17, 15) is 9.90 Å². The fourth-order valence-corrected chi connectivity index (χ4v) is 1.83. The van der Waals surface area contributed by atoms with Gasteiger partial charge in [0.15, 0.2) is 0 Å². The zero-order valence-corrected chi connectivity index (χ0v) is 11.5. The Morgan fingerprint density at radius 1 is 1.63 bits per heavy atom. The number of hydrogen-bond donors (Lipinski definition) is 3. The molecule has 106 valence electrons. The third kappa shape index (κ3) is 3.68. The van der Waals surface area contributed by atoms with Crippen molar-refractivity contribution in [1.29, 1.82) is 0 Å². The van der Waals surface area contributed by atoms with Crippen molar-refractivity contribution >= 4 is 17.3 Å². The summed E-state index contributed by atoms with van der Waals surface area (Å²) in [7, 11) is 0. The first-order valence-electron chi connectivity index (χ1n) is 6.26. The van der Waals surface area contributed by atoms with Crippen LogP contribution in [0.5, 0.6) is 0 Å². The molecule has 3 N–H and O–H groups in total. The predicted octanol–water partition coefficient (Wildman–Crippen LogP) is 0.462. The first-order chi connectivity index (χ1) is 8.93. The van der Waals surface area contributed by atoms with E-state index in [1.807, 2.05) is 0 Å². The second kappa shape index (κ2) is 5.48. The van der Waals surface area contributed by atoms with Gasteiger partial charge in [0.25, 0.3) is 5.56 Å². The van der Waals surface area contributed by atoms with Gasteiger partial charge in [-0.05, 0) is 25.7 Å². The number of hydrogen-bond acceptors (Lipinski definition) is 5. The van der Waals surface area contributed by atoms with E-state index < -0.39 is 12.2 Å². The molecule has 1 aromatic rings. The molecule has 1 aromatic heterocycles. The molecule has 1 atom stereocenters. The second-order valence-electron chi connectivity index (χ2n) is 5.31. The lowest BCUT2D eigenvalue weighted by Crippen LogP contribution is -2.39. The standard InChI is InChI=1S/C12H18ClN3O3/c1-12(19,7-17)6-14-10-9(13)4-15-16(11(10)18)5-8-2-3-8/h4,8,14,17,19H,2-3,5-7H2,1H3. The first-order valence-corrected chi connectivity index (χ1v) is 6.63. The lowest BCUT2D eigenvalue weighted by molar-refractivity contribution is 0.0132. The van der Waals surface area contributed by atoms with Crippen LogP contribution in [0.3, 0.4) is 0 Å². The Kier molecular flexibility index (Phi) is 4.13. The SMILES string of the molecule is CC(O)(CO)CNc1c(Cl)cnn(CC2CC2)c1=O. The summed E-state index contributed by atoms with van der Waals surface area (Å²) in [6.45, 7) is 1.70. The van der Waals surface area contributed by atoms with Crippen molar-refractivity contribution in [2.24, 2.45) is 5.92 Å². The van der Waals surface area contributed by atoms with Crippen LogP contribution < -0.4 is 10.9 Å². The quantitative estimate of drug-likeness (QED) is 0.708. The van der Waals surface area contributed by atoms with Crippen LogP contribution in [0.15, 0.2) is 11.0 Å². The Morgan fingerprint density at radius 2 is 2.32 bits per heavy atom. The van der Waals surface area contributed by atoms with E-state index in [1.165, 1.54) is 17.8 Å². The maximum atomic E-state index is 12.2. The molecule has 0 aliphatic heterocycles. The van der Waals surface area contributed by atoms with Gasteiger partial charge in [0.2, 0.25) is 0 Å². The molecule has 6 nitrogen and oxygen atoms in total. The van der Waals surface area contributed by atoms with E-state index in [0.29, 0.717) is 12.5 Å². The summed E-state index contributed by atoms with van der Waals surface area (Å²) in [4.78, 5) is 12.2. The molecule has 0 radical (unpaired) electrons. The molecule has 0 aromatic carbocycles. The van der Waals surface area contributed by atoms with Crippen LogP contribution in [0, 0.1) is 5.92 Å². The number of aliphatic hydroxyl groups is 2. The number of halogens is 1. The number of aromatic nitrogens is 2. The van der Waals surface area contributed by atoms with Crippen molar-refractivity contribution in [2.45, 2.75) is 31.9 Å². The molecule has 1 aliphatic rings. The van der Waals surface area contributed by atoms with E-state index in [1.54, 1.807) is 0 Å². The van der Waals surface area contributed by atoms with Crippen LogP contribution >= 0.6 is 11.6 Å². The Bertz CT molecular complexity index is 511. The highest BCUT2D eigenvalue weighted by Gasteiger charge is 2.24. The number of nitrogens with zero attached hydrogens (tertiary/aromatic N) is 2. The largest absolute Gasteiger partial charge is 0.393 e. The van der Waals surface area contributed by atoms with Gasteiger partial charge in [-0.3, -0.25) is 4.79 Å². The van der Waals surface area contributed by atoms with Crippen molar-refractivity contribution in [1.82, 2.24) is 9.78 Å². The molecule has 1 fully saturated rings. The second-order valence-corrected chi connectivity index (χ2v) is 5.71. The Hall–Kier alpha value is -1.11. The molecule has 7 heteroatoms. The molecular weight excluding hydrogens is 270 g/mol. The van der Waals surface area contributed by atoms with Crippen molar-refractivity contribution in [3.05, 3.63) is 21.6 Å². The normalized spacial score (nSPS) is 18.1. The van der Waals surface area contributed by atoms with Crippen molar-refractivity contribution < 1.29 is 10.2 Å². The van der Waals surface area contributed by atoms with E-state index >= 15 is 0 Å². The highest BCUT2D eigenvalue weighted by atomic mass is 35.5. The summed E-state index contributed by atoms with van der Waals surface area (Å²) in [5.41, 5.74) is -1.39. The van der Waals surface area contributed by atoms with Crippen LogP contribution in [0.2, 0.25) is 5.02 Å².